The van der Waals surface area contributed by atoms with Gasteiger partial charge in [-0.3, -0.25) is 4.98 Å². The molecule has 5 heteroatoms. The minimum Gasteiger partial charge on any atom is -0.259 e. The Hall–Kier alpha value is -1.57. The molecule has 0 amide bonds. The average Bonchev–Trinajstić information content (AvgIpc) is 2.16. The Bertz CT molecular complexity index is 402. The second-order valence-electron chi connectivity index (χ2n) is 3.63. The van der Waals surface area contributed by atoms with Crippen LogP contribution in [0.2, 0.25) is 0 Å². The van der Waals surface area contributed by atoms with E-state index >= 15 is 0 Å². The van der Waals surface area contributed by atoms with Gasteiger partial charge in [-0.1, -0.05) is 0 Å². The lowest BCUT2D eigenvalue weighted by atomic mass is 9.87. The highest BCUT2D eigenvalue weighted by Crippen LogP contribution is 2.35. The minimum atomic E-state index is -4.47. The molecule has 0 fully saturated rings. The predicted molar refractivity (Wildman–Crippen MR) is 47.9 cm³/mol. The smallest absolute Gasteiger partial charge is 0.259 e. The summed E-state index contributed by atoms with van der Waals surface area (Å²) < 4.78 is 37.7. The van der Waals surface area contributed by atoms with Crippen LogP contribution in [0.4, 0.5) is 13.2 Å². The van der Waals surface area contributed by atoms with Crippen LogP contribution in [-0.2, 0) is 11.6 Å². The van der Waals surface area contributed by atoms with E-state index in [1.165, 1.54) is 26.1 Å². The van der Waals surface area contributed by atoms with Gasteiger partial charge in [-0.15, -0.1) is 0 Å². The Morgan fingerprint density at radius 1 is 1.33 bits per heavy atom. The Morgan fingerprint density at radius 3 is 2.40 bits per heavy atom. The lowest BCUT2D eigenvalue weighted by Gasteiger charge is -2.19. The van der Waals surface area contributed by atoms with Crippen molar-refractivity contribution in [2.45, 2.75) is 25.4 Å². The van der Waals surface area contributed by atoms with Crippen LogP contribution in [0.5, 0.6) is 0 Å². The van der Waals surface area contributed by atoms with Crippen LogP contribution in [-0.4, -0.2) is 4.98 Å². The van der Waals surface area contributed by atoms with E-state index in [1.807, 2.05) is 6.07 Å². The monoisotopic (exact) mass is 214 g/mol. The maximum absolute atomic E-state index is 12.6. The highest BCUT2D eigenvalue weighted by Gasteiger charge is 2.38. The third-order valence-corrected chi connectivity index (χ3v) is 1.98. The molecule has 1 heterocycles. The van der Waals surface area contributed by atoms with Crippen molar-refractivity contribution in [2.24, 2.45) is 0 Å². The molecule has 0 saturated carbocycles. The van der Waals surface area contributed by atoms with Gasteiger partial charge in [-0.2, -0.15) is 18.4 Å². The number of nitrogens with zero attached hydrogens (tertiary/aromatic N) is 2. The number of halogens is 3. The normalized spacial score (nSPS) is 12.3. The van der Waals surface area contributed by atoms with E-state index in [2.05, 4.69) is 4.98 Å². The number of hydrogen-bond donors (Lipinski definition) is 0. The first kappa shape index (κ1) is 11.5. The van der Waals surface area contributed by atoms with Crippen LogP contribution in [0.1, 0.15) is 25.1 Å². The third-order valence-electron chi connectivity index (χ3n) is 1.98. The molecule has 15 heavy (non-hydrogen) atoms. The maximum Gasteiger partial charge on any atom is 0.418 e. The largest absolute Gasteiger partial charge is 0.418 e. The van der Waals surface area contributed by atoms with E-state index in [0.29, 0.717) is 0 Å². The first-order chi connectivity index (χ1) is 6.79. The summed E-state index contributed by atoms with van der Waals surface area (Å²) in [4.78, 5) is 3.65. The molecule has 2 nitrogen and oxygen atoms in total. The predicted octanol–water partition coefficient (Wildman–Crippen LogP) is 2.90. The quantitative estimate of drug-likeness (QED) is 0.720. The maximum atomic E-state index is 12.6. The highest BCUT2D eigenvalue weighted by molar-refractivity contribution is 5.33. The Balaban J connectivity index is 3.39. The van der Waals surface area contributed by atoms with Gasteiger partial charge in [0.1, 0.15) is 0 Å². The van der Waals surface area contributed by atoms with Crippen molar-refractivity contribution in [1.82, 2.24) is 4.98 Å². The molecule has 0 unspecified atom stereocenters. The molecule has 0 spiro atoms. The molecule has 0 bridgehead atoms. The standard InChI is InChI=1S/C10H9F3N2/c1-9(2,6-14)8-7(10(11,12)13)4-3-5-15-8/h3-5H,1-2H3. The first-order valence-electron chi connectivity index (χ1n) is 4.23. The highest BCUT2D eigenvalue weighted by atomic mass is 19.4. The van der Waals surface area contributed by atoms with Crippen LogP contribution in [0.3, 0.4) is 0 Å². The molecule has 1 aromatic rings. The van der Waals surface area contributed by atoms with E-state index < -0.39 is 17.2 Å². The molecule has 0 atom stereocenters. The molecule has 80 valence electrons. The third kappa shape index (κ3) is 2.27. The topological polar surface area (TPSA) is 36.7 Å². The van der Waals surface area contributed by atoms with Crippen LogP contribution in [0, 0.1) is 11.3 Å². The van der Waals surface area contributed by atoms with Crippen molar-refractivity contribution < 1.29 is 13.2 Å². The van der Waals surface area contributed by atoms with Gasteiger partial charge in [-0.25, -0.2) is 0 Å². The molecular formula is C10H9F3N2. The molecule has 1 rings (SSSR count). The number of aromatic nitrogens is 1. The van der Waals surface area contributed by atoms with Crippen LogP contribution in [0.25, 0.3) is 0 Å². The minimum absolute atomic E-state index is 0.236. The molecule has 0 radical (unpaired) electrons. The van der Waals surface area contributed by atoms with E-state index in [1.54, 1.807) is 0 Å². The summed E-state index contributed by atoms with van der Waals surface area (Å²) in [5, 5.41) is 8.78. The number of pyridine rings is 1. The van der Waals surface area contributed by atoms with Crippen molar-refractivity contribution in [2.75, 3.05) is 0 Å². The van der Waals surface area contributed by atoms with E-state index in [0.717, 1.165) is 6.07 Å². The number of hydrogen-bond acceptors (Lipinski definition) is 2. The summed E-state index contributed by atoms with van der Waals surface area (Å²) >= 11 is 0. The molecule has 0 aromatic carbocycles. The van der Waals surface area contributed by atoms with Crippen molar-refractivity contribution >= 4 is 0 Å². The van der Waals surface area contributed by atoms with Crippen LogP contribution in [0.15, 0.2) is 18.3 Å². The molecule has 0 N–H and O–H groups in total. The van der Waals surface area contributed by atoms with Crippen molar-refractivity contribution in [3.05, 3.63) is 29.6 Å². The summed E-state index contributed by atoms with van der Waals surface area (Å²) in [5.41, 5.74) is -2.33. The summed E-state index contributed by atoms with van der Waals surface area (Å²) in [6, 6.07) is 3.95. The second kappa shape index (κ2) is 3.54. The molecule has 0 saturated heterocycles. The van der Waals surface area contributed by atoms with Gasteiger partial charge in [0.25, 0.3) is 0 Å². The van der Waals surface area contributed by atoms with E-state index in [9.17, 15) is 13.2 Å². The average molecular weight is 214 g/mol. The second-order valence-corrected chi connectivity index (χ2v) is 3.63. The van der Waals surface area contributed by atoms with Gasteiger partial charge in [0.05, 0.1) is 22.7 Å². The Morgan fingerprint density at radius 2 is 1.93 bits per heavy atom. The summed E-state index contributed by atoms with van der Waals surface area (Å²) in [7, 11) is 0. The fourth-order valence-corrected chi connectivity index (χ4v) is 1.19. The van der Waals surface area contributed by atoms with Crippen molar-refractivity contribution in [1.29, 1.82) is 5.26 Å². The zero-order valence-electron chi connectivity index (χ0n) is 8.26. The lowest BCUT2D eigenvalue weighted by Crippen LogP contribution is -2.22. The van der Waals surface area contributed by atoms with E-state index in [4.69, 9.17) is 5.26 Å². The van der Waals surface area contributed by atoms with Crippen molar-refractivity contribution in [3.63, 3.8) is 0 Å². The molecule has 0 aliphatic rings. The van der Waals surface area contributed by atoms with Crippen LogP contribution < -0.4 is 0 Å². The van der Waals surface area contributed by atoms with Gasteiger partial charge >= 0.3 is 6.18 Å². The van der Waals surface area contributed by atoms with E-state index in [-0.39, 0.29) is 5.69 Å². The Labute approximate surface area is 85.4 Å². The number of nitriles is 1. The molecule has 0 aliphatic carbocycles. The zero-order chi connectivity index (χ0) is 11.7. The molecule has 1 aromatic heterocycles. The van der Waals surface area contributed by atoms with Gasteiger partial charge in [0.2, 0.25) is 0 Å². The fourth-order valence-electron chi connectivity index (χ4n) is 1.19. The van der Waals surface area contributed by atoms with Gasteiger partial charge in [-0.05, 0) is 26.0 Å². The zero-order valence-corrected chi connectivity index (χ0v) is 8.26. The first-order valence-corrected chi connectivity index (χ1v) is 4.23. The fraction of sp³-hybridized carbons (Fsp3) is 0.400. The lowest BCUT2D eigenvalue weighted by molar-refractivity contribution is -0.138. The van der Waals surface area contributed by atoms with Gasteiger partial charge < -0.3 is 0 Å². The summed E-state index contributed by atoms with van der Waals surface area (Å²) in [6.07, 6.45) is -3.22. The summed E-state index contributed by atoms with van der Waals surface area (Å²) in [6.45, 7) is 2.81. The van der Waals surface area contributed by atoms with Gasteiger partial charge in [0.15, 0.2) is 0 Å². The number of alkyl halides is 3. The Kier molecular flexibility index (Phi) is 2.71. The molecule has 0 aliphatic heterocycles. The van der Waals surface area contributed by atoms with Crippen LogP contribution >= 0.6 is 0 Å². The SMILES string of the molecule is CC(C)(C#N)c1ncccc1C(F)(F)F. The summed E-state index contributed by atoms with van der Waals surface area (Å²) in [5.74, 6) is 0. The molecular weight excluding hydrogens is 205 g/mol. The van der Waals surface area contributed by atoms with Crippen molar-refractivity contribution in [3.8, 4) is 6.07 Å². The van der Waals surface area contributed by atoms with Gasteiger partial charge in [0, 0.05) is 6.20 Å². The number of rotatable bonds is 1.